The van der Waals surface area contributed by atoms with E-state index in [1.165, 1.54) is 0 Å². The molecule has 0 spiro atoms. The molecule has 6 heteroatoms. The molecule has 0 unspecified atom stereocenters. The second-order valence-corrected chi connectivity index (χ2v) is 4.23. The molecule has 0 heterocycles. The smallest absolute Gasteiger partial charge is 0.233 e. The number of carbonyl (C=O) groups is 2. The van der Waals surface area contributed by atoms with E-state index in [1.807, 2.05) is 0 Å². The molecule has 106 valence electrons. The molecule has 0 aromatic carbocycles. The lowest BCUT2D eigenvalue weighted by molar-refractivity contribution is -0.120. The van der Waals surface area contributed by atoms with Crippen LogP contribution in [0.2, 0.25) is 0 Å². The second kappa shape index (κ2) is 12.3. The van der Waals surface area contributed by atoms with Gasteiger partial charge in [-0.15, -0.1) is 0 Å². The molecule has 18 heavy (non-hydrogen) atoms. The van der Waals surface area contributed by atoms with Gasteiger partial charge in [0.1, 0.15) is 0 Å². The van der Waals surface area contributed by atoms with Gasteiger partial charge < -0.3 is 22.1 Å². The first kappa shape index (κ1) is 16.9. The maximum absolute atomic E-state index is 10.8. The van der Waals surface area contributed by atoms with E-state index >= 15 is 0 Å². The van der Waals surface area contributed by atoms with Crippen LogP contribution in [-0.4, -0.2) is 38.0 Å². The highest BCUT2D eigenvalue weighted by molar-refractivity contribution is 5.77. The van der Waals surface area contributed by atoms with Crippen molar-refractivity contribution >= 4 is 11.8 Å². The quantitative estimate of drug-likeness (QED) is 0.374. The van der Waals surface area contributed by atoms with Gasteiger partial charge >= 0.3 is 0 Å². The summed E-state index contributed by atoms with van der Waals surface area (Å²) >= 11 is 0. The van der Waals surface area contributed by atoms with E-state index in [0.29, 0.717) is 13.1 Å². The fraction of sp³-hybridized carbons (Fsp3) is 0.833. The normalized spacial score (nSPS) is 10.1. The van der Waals surface area contributed by atoms with Gasteiger partial charge in [-0.2, -0.15) is 0 Å². The van der Waals surface area contributed by atoms with Crippen LogP contribution in [0.15, 0.2) is 0 Å². The number of hydrogen-bond donors (Lipinski definition) is 4. The van der Waals surface area contributed by atoms with Gasteiger partial charge in [-0.05, 0) is 12.8 Å². The first-order valence-electron chi connectivity index (χ1n) is 6.64. The number of amides is 2. The van der Waals surface area contributed by atoms with Crippen molar-refractivity contribution in [2.45, 2.75) is 38.5 Å². The number of unbranched alkanes of at least 4 members (excludes halogenated alkanes) is 5. The van der Waals surface area contributed by atoms with Gasteiger partial charge in [0, 0.05) is 13.1 Å². The average Bonchev–Trinajstić information content (AvgIpc) is 2.40. The largest absolute Gasteiger partial charge is 0.355 e. The summed E-state index contributed by atoms with van der Waals surface area (Å²) < 4.78 is 0. The van der Waals surface area contributed by atoms with E-state index in [1.54, 1.807) is 0 Å². The van der Waals surface area contributed by atoms with Crippen LogP contribution < -0.4 is 22.1 Å². The Hall–Kier alpha value is -1.14. The summed E-state index contributed by atoms with van der Waals surface area (Å²) in [7, 11) is 0. The maximum atomic E-state index is 10.8. The SMILES string of the molecule is NCC(=O)NCCCCCCCCNC(=O)CN. The monoisotopic (exact) mass is 258 g/mol. The van der Waals surface area contributed by atoms with Gasteiger partial charge in [0.2, 0.25) is 11.8 Å². The summed E-state index contributed by atoms with van der Waals surface area (Å²) in [5, 5.41) is 5.48. The standard InChI is InChI=1S/C12H26N4O2/c13-9-11(17)15-7-5-3-1-2-4-6-8-16-12(18)10-14/h1-10,13-14H2,(H,15,17)(H,16,18). The Kier molecular flexibility index (Phi) is 11.5. The number of rotatable bonds is 11. The zero-order valence-electron chi connectivity index (χ0n) is 11.0. The van der Waals surface area contributed by atoms with Gasteiger partial charge in [-0.1, -0.05) is 25.7 Å². The fourth-order valence-electron chi connectivity index (χ4n) is 1.56. The van der Waals surface area contributed by atoms with Crippen LogP contribution in [0, 0.1) is 0 Å². The average molecular weight is 258 g/mol. The minimum atomic E-state index is -0.0920. The predicted molar refractivity (Wildman–Crippen MR) is 71.8 cm³/mol. The summed E-state index contributed by atoms with van der Waals surface area (Å²) in [6.07, 6.45) is 6.53. The summed E-state index contributed by atoms with van der Waals surface area (Å²) in [5.41, 5.74) is 10.3. The van der Waals surface area contributed by atoms with Gasteiger partial charge in [-0.3, -0.25) is 9.59 Å². The van der Waals surface area contributed by atoms with Crippen molar-refractivity contribution in [3.63, 3.8) is 0 Å². The van der Waals surface area contributed by atoms with Crippen molar-refractivity contribution in [3.8, 4) is 0 Å². The number of nitrogens with one attached hydrogen (secondary N) is 2. The topological polar surface area (TPSA) is 110 Å². The zero-order chi connectivity index (χ0) is 13.6. The van der Waals surface area contributed by atoms with Crippen LogP contribution in [0.1, 0.15) is 38.5 Å². The first-order chi connectivity index (χ1) is 8.70. The van der Waals surface area contributed by atoms with Crippen LogP contribution in [0.25, 0.3) is 0 Å². The minimum Gasteiger partial charge on any atom is -0.355 e. The van der Waals surface area contributed by atoms with Gasteiger partial charge in [-0.25, -0.2) is 0 Å². The van der Waals surface area contributed by atoms with Crippen molar-refractivity contribution in [1.29, 1.82) is 0 Å². The number of nitrogens with two attached hydrogens (primary N) is 2. The van der Waals surface area contributed by atoms with E-state index in [4.69, 9.17) is 11.5 Å². The highest BCUT2D eigenvalue weighted by Crippen LogP contribution is 2.04. The van der Waals surface area contributed by atoms with Crippen LogP contribution >= 0.6 is 0 Å². The van der Waals surface area contributed by atoms with Gasteiger partial charge in [0.15, 0.2) is 0 Å². The van der Waals surface area contributed by atoms with E-state index in [9.17, 15) is 9.59 Å². The van der Waals surface area contributed by atoms with Crippen LogP contribution in [-0.2, 0) is 9.59 Å². The molecule has 2 amide bonds. The Morgan fingerprint density at radius 2 is 1.00 bits per heavy atom. The first-order valence-corrected chi connectivity index (χ1v) is 6.64. The molecule has 0 saturated carbocycles. The van der Waals surface area contributed by atoms with Crippen molar-refractivity contribution in [2.75, 3.05) is 26.2 Å². The third-order valence-corrected chi connectivity index (χ3v) is 2.62. The highest BCUT2D eigenvalue weighted by Gasteiger charge is 1.97. The number of carbonyl (C=O) groups excluding carboxylic acids is 2. The lowest BCUT2D eigenvalue weighted by atomic mass is 10.1. The Morgan fingerprint density at radius 1 is 0.667 bits per heavy atom. The van der Waals surface area contributed by atoms with Gasteiger partial charge in [0.25, 0.3) is 0 Å². The van der Waals surface area contributed by atoms with Crippen LogP contribution in [0.3, 0.4) is 0 Å². The van der Waals surface area contributed by atoms with E-state index in [-0.39, 0.29) is 24.9 Å². The molecular weight excluding hydrogens is 232 g/mol. The Balaban J connectivity index is 3.07. The zero-order valence-corrected chi connectivity index (χ0v) is 11.0. The second-order valence-electron chi connectivity index (χ2n) is 4.23. The molecule has 0 atom stereocenters. The van der Waals surface area contributed by atoms with E-state index < -0.39 is 0 Å². The van der Waals surface area contributed by atoms with Crippen LogP contribution in [0.5, 0.6) is 0 Å². The molecule has 0 aliphatic rings. The summed E-state index contributed by atoms with van der Waals surface area (Å²) in [6, 6.07) is 0. The van der Waals surface area contributed by atoms with Crippen molar-refractivity contribution in [3.05, 3.63) is 0 Å². The molecular formula is C12H26N4O2. The minimum absolute atomic E-state index is 0.0640. The Labute approximate surface area is 109 Å². The summed E-state index contributed by atoms with van der Waals surface area (Å²) in [5.74, 6) is -0.184. The lowest BCUT2D eigenvalue weighted by Crippen LogP contribution is -2.31. The van der Waals surface area contributed by atoms with E-state index in [2.05, 4.69) is 10.6 Å². The van der Waals surface area contributed by atoms with Crippen molar-refractivity contribution < 1.29 is 9.59 Å². The molecule has 0 aliphatic carbocycles. The molecule has 0 aromatic rings. The maximum Gasteiger partial charge on any atom is 0.233 e. The third kappa shape index (κ3) is 11.3. The van der Waals surface area contributed by atoms with E-state index in [0.717, 1.165) is 38.5 Å². The van der Waals surface area contributed by atoms with Crippen LogP contribution in [0.4, 0.5) is 0 Å². The number of hydrogen-bond acceptors (Lipinski definition) is 4. The highest BCUT2D eigenvalue weighted by atomic mass is 16.2. The summed E-state index contributed by atoms with van der Waals surface area (Å²) in [4.78, 5) is 21.6. The fourth-order valence-corrected chi connectivity index (χ4v) is 1.56. The molecule has 6 nitrogen and oxygen atoms in total. The Bertz CT molecular complexity index is 210. The molecule has 0 radical (unpaired) electrons. The lowest BCUT2D eigenvalue weighted by Gasteiger charge is -2.04. The molecule has 0 aliphatic heterocycles. The van der Waals surface area contributed by atoms with Crippen molar-refractivity contribution in [2.24, 2.45) is 11.5 Å². The molecule has 0 aromatic heterocycles. The summed E-state index contributed by atoms with van der Waals surface area (Å²) in [6.45, 7) is 1.55. The third-order valence-electron chi connectivity index (χ3n) is 2.62. The molecule has 0 fully saturated rings. The molecule has 6 N–H and O–H groups in total. The molecule has 0 rings (SSSR count). The Morgan fingerprint density at radius 3 is 1.33 bits per heavy atom. The molecule has 0 saturated heterocycles. The predicted octanol–water partition coefficient (Wildman–Crippen LogP) is -0.523. The van der Waals surface area contributed by atoms with Crippen molar-refractivity contribution in [1.82, 2.24) is 10.6 Å². The van der Waals surface area contributed by atoms with Gasteiger partial charge in [0.05, 0.1) is 13.1 Å². The molecule has 0 bridgehead atoms.